The Morgan fingerprint density at radius 1 is 1.20 bits per heavy atom. The first-order valence-corrected chi connectivity index (χ1v) is 8.10. The van der Waals surface area contributed by atoms with Crippen LogP contribution in [0.25, 0.3) is 0 Å². The maximum absolute atomic E-state index is 6.10. The van der Waals surface area contributed by atoms with Crippen molar-refractivity contribution < 1.29 is 0 Å². The zero-order chi connectivity index (χ0) is 13.9. The third kappa shape index (κ3) is 2.84. The zero-order valence-corrected chi connectivity index (χ0v) is 12.6. The highest BCUT2D eigenvalue weighted by molar-refractivity contribution is 5.51. The molecule has 2 aliphatic heterocycles. The number of nitrogens with zero attached hydrogens (tertiary/aromatic N) is 2. The second-order valence-electron chi connectivity index (χ2n) is 6.22. The summed E-state index contributed by atoms with van der Waals surface area (Å²) in [6.45, 7) is 8.30. The molecule has 3 nitrogen and oxygen atoms in total. The Kier molecular flexibility index (Phi) is 4.27. The van der Waals surface area contributed by atoms with Crippen molar-refractivity contribution in [2.45, 2.75) is 45.2 Å². The largest absolute Gasteiger partial charge is 0.398 e. The van der Waals surface area contributed by atoms with Gasteiger partial charge in [0.1, 0.15) is 0 Å². The lowest BCUT2D eigenvalue weighted by molar-refractivity contribution is 0.161. The molecule has 110 valence electrons. The molecule has 3 rings (SSSR count). The van der Waals surface area contributed by atoms with Crippen molar-refractivity contribution in [2.75, 3.05) is 31.9 Å². The summed E-state index contributed by atoms with van der Waals surface area (Å²) in [6.07, 6.45) is 5.15. The van der Waals surface area contributed by atoms with Crippen molar-refractivity contribution in [2.24, 2.45) is 0 Å². The summed E-state index contributed by atoms with van der Waals surface area (Å²) in [6, 6.07) is 7.16. The number of anilines is 1. The molecule has 0 saturated carbocycles. The van der Waals surface area contributed by atoms with Gasteiger partial charge in [0.05, 0.1) is 0 Å². The number of likely N-dealkylation sites (tertiary alicyclic amines) is 1. The smallest absolute Gasteiger partial charge is 0.0350 e. The van der Waals surface area contributed by atoms with Crippen LogP contribution in [0.1, 0.15) is 37.3 Å². The van der Waals surface area contributed by atoms with Crippen molar-refractivity contribution in [3.63, 3.8) is 0 Å². The van der Waals surface area contributed by atoms with Crippen LogP contribution >= 0.6 is 0 Å². The third-order valence-corrected chi connectivity index (χ3v) is 5.09. The van der Waals surface area contributed by atoms with Crippen LogP contribution in [0.5, 0.6) is 0 Å². The number of hydrogen-bond donors (Lipinski definition) is 1. The highest BCUT2D eigenvalue weighted by Crippen LogP contribution is 2.27. The summed E-state index contributed by atoms with van der Waals surface area (Å²) in [4.78, 5) is 5.29. The summed E-state index contributed by atoms with van der Waals surface area (Å²) in [5.74, 6) is 0. The SMILES string of the molecule is CCN1CCCC(N2CCc3c(N)cccc3C2)CC1. The second-order valence-corrected chi connectivity index (χ2v) is 6.22. The first-order chi connectivity index (χ1) is 9.78. The fourth-order valence-electron chi connectivity index (χ4n) is 3.79. The third-order valence-electron chi connectivity index (χ3n) is 5.09. The maximum atomic E-state index is 6.10. The number of fused-ring (bicyclic) bond motifs is 1. The minimum Gasteiger partial charge on any atom is -0.398 e. The molecule has 2 aliphatic rings. The molecule has 1 aromatic rings. The Morgan fingerprint density at radius 2 is 2.10 bits per heavy atom. The van der Waals surface area contributed by atoms with Gasteiger partial charge in [-0.3, -0.25) is 4.90 Å². The van der Waals surface area contributed by atoms with Crippen LogP contribution in [-0.2, 0) is 13.0 Å². The van der Waals surface area contributed by atoms with E-state index in [1.807, 2.05) is 6.07 Å². The number of nitrogen functional groups attached to an aromatic ring is 1. The normalized spacial score (nSPS) is 25.1. The van der Waals surface area contributed by atoms with E-state index in [4.69, 9.17) is 5.73 Å². The summed E-state index contributed by atoms with van der Waals surface area (Å²) >= 11 is 0. The van der Waals surface area contributed by atoms with Gasteiger partial charge < -0.3 is 10.6 Å². The molecule has 0 spiro atoms. The molecule has 0 aliphatic carbocycles. The van der Waals surface area contributed by atoms with Gasteiger partial charge in [-0.05, 0) is 62.5 Å². The number of nitrogens with two attached hydrogens (primary N) is 1. The summed E-state index contributed by atoms with van der Waals surface area (Å²) in [7, 11) is 0. The van der Waals surface area contributed by atoms with Gasteiger partial charge in [0.2, 0.25) is 0 Å². The van der Waals surface area contributed by atoms with Crippen molar-refractivity contribution in [3.05, 3.63) is 29.3 Å². The monoisotopic (exact) mass is 273 g/mol. The molecule has 1 atom stereocenters. The van der Waals surface area contributed by atoms with Crippen LogP contribution in [0, 0.1) is 0 Å². The topological polar surface area (TPSA) is 32.5 Å². The average molecular weight is 273 g/mol. The summed E-state index contributed by atoms with van der Waals surface area (Å²) in [5.41, 5.74) is 9.94. The zero-order valence-electron chi connectivity index (χ0n) is 12.6. The second kappa shape index (κ2) is 6.15. The Bertz CT molecular complexity index is 458. The van der Waals surface area contributed by atoms with Gasteiger partial charge in [-0.1, -0.05) is 19.1 Å². The van der Waals surface area contributed by atoms with E-state index in [-0.39, 0.29) is 0 Å². The molecule has 1 fully saturated rings. The van der Waals surface area contributed by atoms with E-state index in [1.54, 1.807) is 0 Å². The molecule has 0 bridgehead atoms. The minimum atomic E-state index is 0.765. The van der Waals surface area contributed by atoms with E-state index in [1.165, 1.54) is 56.6 Å². The molecule has 0 radical (unpaired) electrons. The molecule has 20 heavy (non-hydrogen) atoms. The van der Waals surface area contributed by atoms with Crippen LogP contribution in [0.3, 0.4) is 0 Å². The Balaban J connectivity index is 1.67. The van der Waals surface area contributed by atoms with Gasteiger partial charge in [0.15, 0.2) is 0 Å². The lowest BCUT2D eigenvalue weighted by Gasteiger charge is -2.35. The van der Waals surface area contributed by atoms with Crippen LogP contribution in [0.15, 0.2) is 18.2 Å². The van der Waals surface area contributed by atoms with Gasteiger partial charge in [0, 0.05) is 24.8 Å². The Morgan fingerprint density at radius 3 is 2.95 bits per heavy atom. The van der Waals surface area contributed by atoms with Gasteiger partial charge >= 0.3 is 0 Å². The quantitative estimate of drug-likeness (QED) is 0.840. The van der Waals surface area contributed by atoms with E-state index in [0.717, 1.165) is 24.7 Å². The molecular weight excluding hydrogens is 246 g/mol. The maximum Gasteiger partial charge on any atom is 0.0350 e. The minimum absolute atomic E-state index is 0.765. The molecule has 2 heterocycles. The van der Waals surface area contributed by atoms with E-state index in [2.05, 4.69) is 28.9 Å². The predicted molar refractivity (Wildman–Crippen MR) is 84.7 cm³/mol. The van der Waals surface area contributed by atoms with Crippen molar-refractivity contribution >= 4 is 5.69 Å². The highest BCUT2D eigenvalue weighted by Gasteiger charge is 2.26. The summed E-state index contributed by atoms with van der Waals surface area (Å²) in [5, 5.41) is 0. The van der Waals surface area contributed by atoms with Gasteiger partial charge in [-0.25, -0.2) is 0 Å². The molecule has 0 aromatic heterocycles. The molecule has 1 unspecified atom stereocenters. The van der Waals surface area contributed by atoms with Gasteiger partial charge in [0.25, 0.3) is 0 Å². The Hall–Kier alpha value is -1.06. The van der Waals surface area contributed by atoms with Gasteiger partial charge in [-0.15, -0.1) is 0 Å². The van der Waals surface area contributed by atoms with E-state index in [9.17, 15) is 0 Å². The van der Waals surface area contributed by atoms with Crippen molar-refractivity contribution in [1.29, 1.82) is 0 Å². The lowest BCUT2D eigenvalue weighted by atomic mass is 9.95. The van der Waals surface area contributed by atoms with E-state index < -0.39 is 0 Å². The molecule has 3 heteroatoms. The number of rotatable bonds is 2. The van der Waals surface area contributed by atoms with Crippen LogP contribution in [-0.4, -0.2) is 42.0 Å². The molecular formula is C17H27N3. The van der Waals surface area contributed by atoms with Crippen LogP contribution in [0.2, 0.25) is 0 Å². The average Bonchev–Trinajstić information content (AvgIpc) is 2.72. The van der Waals surface area contributed by atoms with Crippen LogP contribution in [0.4, 0.5) is 5.69 Å². The molecule has 0 amide bonds. The van der Waals surface area contributed by atoms with Crippen molar-refractivity contribution in [1.82, 2.24) is 9.80 Å². The summed E-state index contributed by atoms with van der Waals surface area (Å²) < 4.78 is 0. The molecule has 2 N–H and O–H groups in total. The first kappa shape index (κ1) is 13.9. The fraction of sp³-hybridized carbons (Fsp3) is 0.647. The highest BCUT2D eigenvalue weighted by atomic mass is 15.2. The standard InChI is InChI=1S/C17H27N3/c1-2-19-10-4-6-15(8-11-19)20-12-9-16-14(13-20)5-3-7-17(16)18/h3,5,7,15H,2,4,6,8-13,18H2,1H3. The lowest BCUT2D eigenvalue weighted by Crippen LogP contribution is -2.40. The Labute approximate surface area is 122 Å². The first-order valence-electron chi connectivity index (χ1n) is 8.10. The predicted octanol–water partition coefficient (Wildman–Crippen LogP) is 2.50. The molecule has 1 aromatic carbocycles. The van der Waals surface area contributed by atoms with E-state index >= 15 is 0 Å². The van der Waals surface area contributed by atoms with Crippen LogP contribution < -0.4 is 5.73 Å². The fourth-order valence-corrected chi connectivity index (χ4v) is 3.79. The number of benzene rings is 1. The molecule has 1 saturated heterocycles. The van der Waals surface area contributed by atoms with Gasteiger partial charge in [-0.2, -0.15) is 0 Å². The number of hydrogen-bond acceptors (Lipinski definition) is 3. The van der Waals surface area contributed by atoms with E-state index in [0.29, 0.717) is 0 Å². The van der Waals surface area contributed by atoms with Crippen molar-refractivity contribution in [3.8, 4) is 0 Å².